The Morgan fingerprint density at radius 1 is 1.14 bits per heavy atom. The Balaban J connectivity index is 1.70. The molecule has 28 heavy (non-hydrogen) atoms. The lowest BCUT2D eigenvalue weighted by molar-refractivity contribution is -0.115. The molecule has 1 amide bonds. The number of rotatable bonds is 7. The summed E-state index contributed by atoms with van der Waals surface area (Å²) in [4.78, 5) is 18.2. The maximum absolute atomic E-state index is 12.5. The minimum atomic E-state index is -0.235. The lowest BCUT2D eigenvalue weighted by Gasteiger charge is -2.11. The van der Waals surface area contributed by atoms with E-state index < -0.39 is 0 Å². The van der Waals surface area contributed by atoms with Crippen LogP contribution in [0.1, 0.15) is 12.5 Å². The van der Waals surface area contributed by atoms with Crippen LogP contribution in [-0.2, 0) is 4.79 Å². The fourth-order valence-corrected chi connectivity index (χ4v) is 4.13. The summed E-state index contributed by atoms with van der Waals surface area (Å²) in [5.74, 6) is 1.34. The number of nitrogens with one attached hydrogen (secondary N) is 1. The fourth-order valence-electron chi connectivity index (χ4n) is 2.55. The van der Waals surface area contributed by atoms with Crippen molar-refractivity contribution in [3.05, 3.63) is 53.4 Å². The van der Waals surface area contributed by atoms with Gasteiger partial charge in [-0.3, -0.25) is 4.79 Å². The van der Waals surface area contributed by atoms with E-state index in [-0.39, 0.29) is 11.2 Å². The molecule has 0 spiro atoms. The van der Waals surface area contributed by atoms with Gasteiger partial charge in [-0.15, -0.1) is 23.1 Å². The first-order valence-electron chi connectivity index (χ1n) is 8.72. The van der Waals surface area contributed by atoms with Gasteiger partial charge in [0.15, 0.2) is 5.13 Å². The lowest BCUT2D eigenvalue weighted by Crippen LogP contribution is -2.22. The number of carbonyl (C=O) groups excluding carboxylic acids is 1. The molecule has 0 bridgehead atoms. The minimum absolute atomic E-state index is 0.0796. The van der Waals surface area contributed by atoms with Crippen LogP contribution >= 0.6 is 23.1 Å². The highest BCUT2D eigenvalue weighted by molar-refractivity contribution is 8.00. The first-order valence-corrected chi connectivity index (χ1v) is 10.5. The first kappa shape index (κ1) is 20.2. The number of carbonyl (C=O) groups is 1. The van der Waals surface area contributed by atoms with E-state index in [4.69, 9.17) is 9.47 Å². The Morgan fingerprint density at radius 2 is 1.89 bits per heavy atom. The summed E-state index contributed by atoms with van der Waals surface area (Å²) in [7, 11) is 3.23. The fraction of sp³-hybridized carbons (Fsp3) is 0.238. The maximum Gasteiger partial charge on any atom is 0.239 e. The van der Waals surface area contributed by atoms with Crippen LogP contribution in [0.25, 0.3) is 11.3 Å². The molecule has 0 fully saturated rings. The molecule has 1 N–H and O–H groups in total. The molecule has 1 heterocycles. The Kier molecular flexibility index (Phi) is 6.59. The summed E-state index contributed by atoms with van der Waals surface area (Å²) in [6.07, 6.45) is 0. The number of hydrogen-bond donors (Lipinski definition) is 1. The summed E-state index contributed by atoms with van der Waals surface area (Å²) in [5.41, 5.74) is 2.75. The quantitative estimate of drug-likeness (QED) is 0.535. The van der Waals surface area contributed by atoms with Gasteiger partial charge >= 0.3 is 0 Å². The second kappa shape index (κ2) is 9.12. The number of hydrogen-bond acceptors (Lipinski definition) is 6. The highest BCUT2D eigenvalue weighted by Crippen LogP contribution is 2.35. The number of nitrogens with zero attached hydrogens (tertiary/aromatic N) is 1. The standard InChI is InChI=1S/C21H22N2O3S2/c1-13-5-8-16(9-6-13)28-14(2)20(24)23-21-22-18(12-27-21)17-11-15(25-3)7-10-19(17)26-4/h5-12,14H,1-4H3,(H,22,23,24)/t14-/m1/s1. The van der Waals surface area contributed by atoms with Crippen LogP contribution in [0.15, 0.2) is 52.7 Å². The van der Waals surface area contributed by atoms with Crippen molar-refractivity contribution in [3.8, 4) is 22.8 Å². The van der Waals surface area contributed by atoms with Crippen LogP contribution in [-0.4, -0.2) is 30.4 Å². The van der Waals surface area contributed by atoms with Crippen LogP contribution in [0.4, 0.5) is 5.13 Å². The number of anilines is 1. The van der Waals surface area contributed by atoms with Gasteiger partial charge in [0.2, 0.25) is 5.91 Å². The molecule has 0 aliphatic heterocycles. The molecule has 2 aromatic carbocycles. The summed E-state index contributed by atoms with van der Waals surface area (Å²) in [6, 6.07) is 13.7. The molecular formula is C21H22N2O3S2. The van der Waals surface area contributed by atoms with Crippen molar-refractivity contribution in [2.45, 2.75) is 24.0 Å². The number of benzene rings is 2. The average Bonchev–Trinajstić information content (AvgIpc) is 3.17. The monoisotopic (exact) mass is 414 g/mol. The predicted molar refractivity (Wildman–Crippen MR) is 116 cm³/mol. The van der Waals surface area contributed by atoms with Crippen molar-refractivity contribution in [1.29, 1.82) is 0 Å². The molecule has 7 heteroatoms. The lowest BCUT2D eigenvalue weighted by atomic mass is 10.1. The molecule has 0 saturated carbocycles. The second-order valence-electron chi connectivity index (χ2n) is 6.17. The number of amides is 1. The molecule has 0 saturated heterocycles. The van der Waals surface area contributed by atoms with Crippen LogP contribution in [0, 0.1) is 6.92 Å². The number of aryl methyl sites for hydroxylation is 1. The van der Waals surface area contributed by atoms with Crippen LogP contribution in [0.2, 0.25) is 0 Å². The molecule has 146 valence electrons. The molecule has 0 aliphatic carbocycles. The normalized spacial score (nSPS) is 11.7. The van der Waals surface area contributed by atoms with Gasteiger partial charge in [0.1, 0.15) is 11.5 Å². The molecular weight excluding hydrogens is 392 g/mol. The zero-order valence-electron chi connectivity index (χ0n) is 16.2. The number of thioether (sulfide) groups is 1. The molecule has 1 atom stereocenters. The Hall–Kier alpha value is -2.51. The highest BCUT2D eigenvalue weighted by atomic mass is 32.2. The first-order chi connectivity index (χ1) is 13.5. The topological polar surface area (TPSA) is 60.5 Å². The summed E-state index contributed by atoms with van der Waals surface area (Å²) in [5, 5.41) is 5.12. The van der Waals surface area contributed by atoms with E-state index in [1.807, 2.05) is 61.7 Å². The number of aromatic nitrogens is 1. The van der Waals surface area contributed by atoms with Gasteiger partial charge in [-0.2, -0.15) is 0 Å². The summed E-state index contributed by atoms with van der Waals surface area (Å²) in [6.45, 7) is 3.93. The molecule has 0 radical (unpaired) electrons. The van der Waals surface area contributed by atoms with E-state index in [2.05, 4.69) is 10.3 Å². The summed E-state index contributed by atoms with van der Waals surface area (Å²) >= 11 is 2.90. The molecule has 0 unspecified atom stereocenters. The van der Waals surface area contributed by atoms with Crippen molar-refractivity contribution in [2.24, 2.45) is 0 Å². The Morgan fingerprint density at radius 3 is 2.57 bits per heavy atom. The van der Waals surface area contributed by atoms with Crippen LogP contribution in [0.5, 0.6) is 11.5 Å². The van der Waals surface area contributed by atoms with Crippen LogP contribution in [0.3, 0.4) is 0 Å². The Bertz CT molecular complexity index is 955. The van der Waals surface area contributed by atoms with E-state index in [0.717, 1.165) is 21.9 Å². The van der Waals surface area contributed by atoms with Gasteiger partial charge < -0.3 is 14.8 Å². The number of methoxy groups -OCH3 is 2. The van der Waals surface area contributed by atoms with E-state index in [0.29, 0.717) is 10.9 Å². The minimum Gasteiger partial charge on any atom is -0.497 e. The number of ether oxygens (including phenoxy) is 2. The van der Waals surface area contributed by atoms with E-state index in [1.54, 1.807) is 14.2 Å². The Labute approximate surface area is 173 Å². The van der Waals surface area contributed by atoms with Gasteiger partial charge in [0.05, 0.1) is 25.2 Å². The van der Waals surface area contributed by atoms with Gasteiger partial charge in [0.25, 0.3) is 0 Å². The smallest absolute Gasteiger partial charge is 0.239 e. The maximum atomic E-state index is 12.5. The number of thiazole rings is 1. The third kappa shape index (κ3) is 4.85. The second-order valence-corrected chi connectivity index (χ2v) is 8.44. The molecule has 5 nitrogen and oxygen atoms in total. The van der Waals surface area contributed by atoms with Crippen molar-refractivity contribution in [3.63, 3.8) is 0 Å². The zero-order valence-corrected chi connectivity index (χ0v) is 17.8. The van der Waals surface area contributed by atoms with Crippen molar-refractivity contribution >= 4 is 34.1 Å². The van der Waals surface area contributed by atoms with E-state index in [1.165, 1.54) is 28.7 Å². The zero-order chi connectivity index (χ0) is 20.1. The molecule has 3 rings (SSSR count). The van der Waals surface area contributed by atoms with Gasteiger partial charge in [-0.05, 0) is 44.2 Å². The van der Waals surface area contributed by atoms with Crippen molar-refractivity contribution < 1.29 is 14.3 Å². The summed E-state index contributed by atoms with van der Waals surface area (Å²) < 4.78 is 10.7. The molecule has 3 aromatic rings. The van der Waals surface area contributed by atoms with Gasteiger partial charge in [-0.1, -0.05) is 17.7 Å². The van der Waals surface area contributed by atoms with Crippen molar-refractivity contribution in [1.82, 2.24) is 4.98 Å². The molecule has 0 aliphatic rings. The van der Waals surface area contributed by atoms with E-state index in [9.17, 15) is 4.79 Å². The van der Waals surface area contributed by atoms with Gasteiger partial charge in [-0.25, -0.2) is 4.98 Å². The highest BCUT2D eigenvalue weighted by Gasteiger charge is 2.17. The third-order valence-electron chi connectivity index (χ3n) is 4.12. The van der Waals surface area contributed by atoms with Gasteiger partial charge in [0, 0.05) is 15.8 Å². The third-order valence-corrected chi connectivity index (χ3v) is 5.99. The predicted octanol–water partition coefficient (Wildman–Crippen LogP) is 5.26. The SMILES string of the molecule is COc1ccc(OC)c(-c2csc(NC(=O)[C@@H](C)Sc3ccc(C)cc3)n2)c1. The molecule has 1 aromatic heterocycles. The van der Waals surface area contributed by atoms with Crippen LogP contribution < -0.4 is 14.8 Å². The average molecular weight is 415 g/mol. The van der Waals surface area contributed by atoms with E-state index >= 15 is 0 Å². The van der Waals surface area contributed by atoms with Crippen molar-refractivity contribution in [2.75, 3.05) is 19.5 Å². The largest absolute Gasteiger partial charge is 0.497 e.